The SMILES string of the molecule is [2H]C([2H])(O)[C@@H](O)[C@@H](O)[C@H](O)[C@H](C=O)NC(C)=O. The van der Waals surface area contributed by atoms with Gasteiger partial charge in [0.25, 0.3) is 0 Å². The van der Waals surface area contributed by atoms with Crippen LogP contribution in [0.1, 0.15) is 9.67 Å². The van der Waals surface area contributed by atoms with Crippen LogP contribution in [0.4, 0.5) is 0 Å². The van der Waals surface area contributed by atoms with Gasteiger partial charge in [0.15, 0.2) is 0 Å². The Kier molecular flexibility index (Phi) is 4.52. The molecule has 4 atom stereocenters. The predicted octanol–water partition coefficient (Wildman–Crippen LogP) is -3.23. The minimum absolute atomic E-state index is 0.120. The van der Waals surface area contributed by atoms with E-state index in [9.17, 15) is 19.8 Å². The molecule has 0 rings (SSSR count). The first-order valence-corrected chi connectivity index (χ1v) is 4.10. The Hall–Kier alpha value is -1.02. The van der Waals surface area contributed by atoms with E-state index in [2.05, 4.69) is 0 Å². The van der Waals surface area contributed by atoms with Crippen LogP contribution in [-0.2, 0) is 9.59 Å². The van der Waals surface area contributed by atoms with Gasteiger partial charge in [0.05, 0.1) is 9.30 Å². The molecule has 7 heteroatoms. The molecule has 0 radical (unpaired) electrons. The summed E-state index contributed by atoms with van der Waals surface area (Å²) in [6, 6.07) is -1.51. The zero-order valence-corrected chi connectivity index (χ0v) is 7.99. The highest BCUT2D eigenvalue weighted by Crippen LogP contribution is 2.03. The molecule has 0 fully saturated rings. The van der Waals surface area contributed by atoms with Crippen molar-refractivity contribution < 1.29 is 32.8 Å². The number of nitrogens with one attached hydrogen (secondary N) is 1. The molecule has 0 aliphatic heterocycles. The first-order valence-electron chi connectivity index (χ1n) is 5.10. The number of aliphatic hydroxyl groups is 4. The molecule has 0 saturated carbocycles. The van der Waals surface area contributed by atoms with Crippen LogP contribution in [0.3, 0.4) is 0 Å². The van der Waals surface area contributed by atoms with Gasteiger partial charge in [-0.2, -0.15) is 0 Å². The smallest absolute Gasteiger partial charge is 0.217 e. The van der Waals surface area contributed by atoms with Crippen molar-refractivity contribution in [2.45, 2.75) is 31.3 Å². The maximum absolute atomic E-state index is 10.7. The number of amides is 1. The summed E-state index contributed by atoms with van der Waals surface area (Å²) < 4.78 is 13.5. The number of rotatable bonds is 6. The Balaban J connectivity index is 4.71. The molecule has 1 amide bonds. The zero-order valence-electron chi connectivity index (χ0n) is 9.99. The summed E-state index contributed by atoms with van der Waals surface area (Å²) in [7, 11) is 0. The Morgan fingerprint density at radius 3 is 2.33 bits per heavy atom. The monoisotopic (exact) mass is 223 g/mol. The van der Waals surface area contributed by atoms with Crippen molar-refractivity contribution in [3.8, 4) is 0 Å². The highest BCUT2D eigenvalue weighted by atomic mass is 16.4. The molecule has 0 bridgehead atoms. The minimum Gasteiger partial charge on any atom is -0.394 e. The maximum atomic E-state index is 10.7. The molecule has 0 unspecified atom stereocenters. The van der Waals surface area contributed by atoms with Crippen molar-refractivity contribution in [2.24, 2.45) is 0 Å². The van der Waals surface area contributed by atoms with E-state index >= 15 is 0 Å². The molecular weight excluding hydrogens is 206 g/mol. The Labute approximate surface area is 89.2 Å². The van der Waals surface area contributed by atoms with E-state index in [-0.39, 0.29) is 6.29 Å². The first-order chi connectivity index (χ1) is 7.61. The number of aldehydes is 1. The van der Waals surface area contributed by atoms with Crippen LogP contribution >= 0.6 is 0 Å². The molecule has 7 nitrogen and oxygen atoms in total. The summed E-state index contributed by atoms with van der Waals surface area (Å²) in [6.45, 7) is -2.08. The van der Waals surface area contributed by atoms with Crippen LogP contribution in [0.2, 0.25) is 0 Å². The van der Waals surface area contributed by atoms with Gasteiger partial charge in [0.2, 0.25) is 5.91 Å². The highest BCUT2D eigenvalue weighted by Gasteiger charge is 2.31. The second kappa shape index (κ2) is 6.46. The molecule has 88 valence electrons. The summed E-state index contributed by atoms with van der Waals surface area (Å²) in [5.41, 5.74) is 0. The average Bonchev–Trinajstić information content (AvgIpc) is 2.21. The number of aliphatic hydroxyl groups excluding tert-OH is 3. The lowest BCUT2D eigenvalue weighted by atomic mass is 10.0. The average molecular weight is 223 g/mol. The molecule has 0 aromatic heterocycles. The van der Waals surface area contributed by atoms with Gasteiger partial charge in [-0.05, 0) is 0 Å². The second-order valence-corrected chi connectivity index (χ2v) is 2.92. The molecule has 0 aliphatic carbocycles. The molecule has 0 heterocycles. The van der Waals surface area contributed by atoms with Gasteiger partial charge in [0, 0.05) is 6.92 Å². The standard InChI is InChI=1S/C8H15NO6/c1-4(12)9-5(2-10)7(14)8(15)6(13)3-11/h2,5-8,11,13-15H,3H2,1H3,(H,9,12)/t5-,6+,7+,8+/m0/s1/i3D2. The third kappa shape index (κ3) is 4.34. The van der Waals surface area contributed by atoms with Crippen LogP contribution in [0.25, 0.3) is 0 Å². The highest BCUT2D eigenvalue weighted by molar-refractivity contribution is 5.77. The van der Waals surface area contributed by atoms with Crippen LogP contribution in [0.15, 0.2) is 0 Å². The van der Waals surface area contributed by atoms with E-state index in [1.807, 2.05) is 5.32 Å². The lowest BCUT2D eigenvalue weighted by Gasteiger charge is -2.25. The van der Waals surface area contributed by atoms with Crippen LogP contribution in [-0.4, -0.2) is 63.5 Å². The maximum Gasteiger partial charge on any atom is 0.217 e. The number of carbonyl (C=O) groups is 2. The van der Waals surface area contributed by atoms with Gasteiger partial charge in [-0.3, -0.25) is 4.79 Å². The normalized spacial score (nSPS) is 21.7. The molecule has 0 saturated heterocycles. The van der Waals surface area contributed by atoms with Crippen molar-refractivity contribution in [3.05, 3.63) is 0 Å². The van der Waals surface area contributed by atoms with Gasteiger partial charge in [0.1, 0.15) is 30.6 Å². The van der Waals surface area contributed by atoms with Gasteiger partial charge >= 0.3 is 0 Å². The fourth-order valence-electron chi connectivity index (χ4n) is 0.910. The number of hydrogen-bond donors (Lipinski definition) is 5. The van der Waals surface area contributed by atoms with E-state index in [0.29, 0.717) is 0 Å². The molecule has 5 N–H and O–H groups in total. The van der Waals surface area contributed by atoms with Crippen molar-refractivity contribution in [2.75, 3.05) is 6.56 Å². The Morgan fingerprint density at radius 2 is 2.00 bits per heavy atom. The second-order valence-electron chi connectivity index (χ2n) is 2.92. The molecule has 0 aromatic carbocycles. The van der Waals surface area contributed by atoms with Crippen molar-refractivity contribution >= 4 is 12.2 Å². The molecular formula is C8H15NO6. The van der Waals surface area contributed by atoms with E-state index < -0.39 is 36.8 Å². The van der Waals surface area contributed by atoms with Gasteiger partial charge in [-0.15, -0.1) is 0 Å². The molecule has 15 heavy (non-hydrogen) atoms. The first kappa shape index (κ1) is 10.5. The summed E-state index contributed by atoms with van der Waals surface area (Å²) >= 11 is 0. The fourth-order valence-corrected chi connectivity index (χ4v) is 0.910. The lowest BCUT2D eigenvalue weighted by Crippen LogP contribution is -2.53. The molecule has 0 aromatic rings. The van der Waals surface area contributed by atoms with E-state index in [1.165, 1.54) is 0 Å². The van der Waals surface area contributed by atoms with Crippen molar-refractivity contribution in [3.63, 3.8) is 0 Å². The lowest BCUT2D eigenvalue weighted by molar-refractivity contribution is -0.129. The Morgan fingerprint density at radius 1 is 1.47 bits per heavy atom. The summed E-state index contributed by atoms with van der Waals surface area (Å²) in [5, 5.41) is 38.7. The quantitative estimate of drug-likeness (QED) is 0.301. The summed E-state index contributed by atoms with van der Waals surface area (Å²) in [5.74, 6) is -0.658. The number of hydrogen-bond acceptors (Lipinski definition) is 6. The predicted molar refractivity (Wildman–Crippen MR) is 48.8 cm³/mol. The van der Waals surface area contributed by atoms with E-state index in [4.69, 9.17) is 13.0 Å². The fraction of sp³-hybridized carbons (Fsp3) is 0.750. The minimum atomic E-state index is -3.15. The van der Waals surface area contributed by atoms with E-state index in [1.54, 1.807) is 0 Å². The summed E-state index contributed by atoms with van der Waals surface area (Å²) in [4.78, 5) is 21.2. The van der Waals surface area contributed by atoms with Crippen LogP contribution in [0, 0.1) is 0 Å². The topological polar surface area (TPSA) is 127 Å². The van der Waals surface area contributed by atoms with Gasteiger partial charge < -0.3 is 30.5 Å². The molecule has 0 aliphatic rings. The zero-order chi connectivity index (χ0) is 13.8. The molecule has 0 spiro atoms. The van der Waals surface area contributed by atoms with Gasteiger partial charge in [-0.1, -0.05) is 0 Å². The third-order valence-corrected chi connectivity index (χ3v) is 1.69. The largest absolute Gasteiger partial charge is 0.394 e. The number of carbonyl (C=O) groups excluding carboxylic acids is 2. The summed E-state index contributed by atoms with van der Waals surface area (Å²) in [6.07, 6.45) is -6.30. The third-order valence-electron chi connectivity index (χ3n) is 1.69. The van der Waals surface area contributed by atoms with E-state index in [0.717, 1.165) is 6.92 Å². The van der Waals surface area contributed by atoms with Crippen molar-refractivity contribution in [1.82, 2.24) is 5.32 Å². The van der Waals surface area contributed by atoms with Crippen molar-refractivity contribution in [1.29, 1.82) is 0 Å². The van der Waals surface area contributed by atoms with Crippen LogP contribution < -0.4 is 5.32 Å². The van der Waals surface area contributed by atoms with Crippen LogP contribution in [0.5, 0.6) is 0 Å². The Bertz CT molecular complexity index is 282. The van der Waals surface area contributed by atoms with Gasteiger partial charge in [-0.25, -0.2) is 0 Å².